The Bertz CT molecular complexity index is 1360. The highest BCUT2D eigenvalue weighted by Crippen LogP contribution is 2.27. The van der Waals surface area contributed by atoms with E-state index in [1.54, 1.807) is 42.6 Å². The average Bonchev–Trinajstić information content (AvgIpc) is 3.12. The van der Waals surface area contributed by atoms with Gasteiger partial charge < -0.3 is 10.6 Å². The lowest BCUT2D eigenvalue weighted by Gasteiger charge is -2.13. The summed E-state index contributed by atoms with van der Waals surface area (Å²) in [5.74, 6) is -1.71. The third-order valence-corrected chi connectivity index (χ3v) is 5.55. The number of fused-ring (bicyclic) bond motifs is 1. The molecule has 11 heteroatoms. The van der Waals surface area contributed by atoms with Gasteiger partial charge >= 0.3 is 0 Å². The molecule has 11 nitrogen and oxygen atoms in total. The second kappa shape index (κ2) is 10.6. The maximum atomic E-state index is 12.5. The highest BCUT2D eigenvalue weighted by Gasteiger charge is 2.36. The third-order valence-electron chi connectivity index (χ3n) is 5.55. The summed E-state index contributed by atoms with van der Waals surface area (Å²) in [6.45, 7) is 0.246. The number of hydrogen-bond acceptors (Lipinski definition) is 7. The summed E-state index contributed by atoms with van der Waals surface area (Å²) in [7, 11) is 0. The van der Waals surface area contributed by atoms with Crippen LogP contribution in [0.15, 0.2) is 67.0 Å². The Kier molecular flexibility index (Phi) is 7.10. The molecule has 2 N–H and O–H groups in total. The Morgan fingerprint density at radius 2 is 1.81 bits per heavy atom. The Morgan fingerprint density at radius 1 is 1.00 bits per heavy atom. The van der Waals surface area contributed by atoms with Gasteiger partial charge in [-0.1, -0.05) is 12.1 Å². The summed E-state index contributed by atoms with van der Waals surface area (Å²) in [4.78, 5) is 64.8. The van der Waals surface area contributed by atoms with Crippen molar-refractivity contribution < 1.29 is 24.1 Å². The maximum absolute atomic E-state index is 12.5. The van der Waals surface area contributed by atoms with Gasteiger partial charge in [-0.25, -0.2) is 0 Å². The van der Waals surface area contributed by atoms with E-state index in [1.807, 2.05) is 0 Å². The molecule has 4 amide bonds. The van der Waals surface area contributed by atoms with E-state index in [0.717, 1.165) is 16.5 Å². The number of hydrogen-bond donors (Lipinski definition) is 2. The highest BCUT2D eigenvalue weighted by atomic mass is 16.6. The number of rotatable bonds is 9. The van der Waals surface area contributed by atoms with Crippen molar-refractivity contribution in [2.75, 3.05) is 11.9 Å². The van der Waals surface area contributed by atoms with Gasteiger partial charge in [0.05, 0.1) is 21.6 Å². The minimum atomic E-state index is -0.630. The van der Waals surface area contributed by atoms with E-state index < -0.39 is 16.7 Å². The Labute approximate surface area is 205 Å². The van der Waals surface area contributed by atoms with Crippen molar-refractivity contribution in [1.29, 1.82) is 0 Å². The molecule has 36 heavy (non-hydrogen) atoms. The maximum Gasteiger partial charge on any atom is 0.270 e. The number of nitro groups is 1. The Balaban J connectivity index is 1.25. The molecule has 0 spiro atoms. The fourth-order valence-electron chi connectivity index (χ4n) is 3.74. The normalized spacial score (nSPS) is 12.3. The second-order valence-electron chi connectivity index (χ2n) is 8.03. The quantitative estimate of drug-likeness (QED) is 0.267. The molecule has 1 aliphatic heterocycles. The lowest BCUT2D eigenvalue weighted by atomic mass is 10.1. The van der Waals surface area contributed by atoms with E-state index in [2.05, 4.69) is 15.6 Å². The highest BCUT2D eigenvalue weighted by molar-refractivity contribution is 6.21. The zero-order chi connectivity index (χ0) is 25.7. The van der Waals surface area contributed by atoms with Gasteiger partial charge in [-0.2, -0.15) is 0 Å². The first-order chi connectivity index (χ1) is 17.3. The number of benzene rings is 2. The minimum Gasteiger partial charge on any atom is -0.352 e. The lowest BCUT2D eigenvalue weighted by molar-refractivity contribution is -0.384. The van der Waals surface area contributed by atoms with Gasteiger partial charge in [0.1, 0.15) is 0 Å². The molecule has 0 radical (unpaired) electrons. The Morgan fingerprint density at radius 3 is 2.56 bits per heavy atom. The molecule has 0 saturated heterocycles. The molecule has 3 aromatic rings. The number of nitrogens with one attached hydrogen (secondary N) is 2. The summed E-state index contributed by atoms with van der Waals surface area (Å²) >= 11 is 0. The lowest BCUT2D eigenvalue weighted by Crippen LogP contribution is -2.32. The zero-order valence-corrected chi connectivity index (χ0v) is 19.0. The summed E-state index contributed by atoms with van der Waals surface area (Å²) in [5, 5.41) is 16.5. The number of non-ortho nitro benzene ring substituents is 1. The van der Waals surface area contributed by atoms with Gasteiger partial charge in [0, 0.05) is 49.7 Å². The number of nitro benzene ring substituents is 1. The predicted molar refractivity (Wildman–Crippen MR) is 128 cm³/mol. The van der Waals surface area contributed by atoms with Crippen molar-refractivity contribution in [3.05, 3.63) is 99.4 Å². The van der Waals surface area contributed by atoms with Gasteiger partial charge in [-0.3, -0.25) is 39.2 Å². The number of imide groups is 1. The molecule has 4 rings (SSSR count). The number of pyridine rings is 1. The number of anilines is 1. The van der Waals surface area contributed by atoms with Crippen LogP contribution in [0, 0.1) is 10.1 Å². The molecular weight excluding hydrogens is 466 g/mol. The predicted octanol–water partition coefficient (Wildman–Crippen LogP) is 2.93. The fourth-order valence-corrected chi connectivity index (χ4v) is 3.74. The van der Waals surface area contributed by atoms with Crippen LogP contribution in [-0.4, -0.2) is 45.0 Å². The zero-order valence-electron chi connectivity index (χ0n) is 19.0. The van der Waals surface area contributed by atoms with Crippen molar-refractivity contribution >= 4 is 35.0 Å². The van der Waals surface area contributed by atoms with Crippen molar-refractivity contribution in [1.82, 2.24) is 15.2 Å². The van der Waals surface area contributed by atoms with Crippen LogP contribution in [0.25, 0.3) is 0 Å². The third kappa shape index (κ3) is 5.41. The smallest absolute Gasteiger partial charge is 0.270 e. The number of carbonyl (C=O) groups is 4. The van der Waals surface area contributed by atoms with Crippen molar-refractivity contribution in [2.45, 2.75) is 19.4 Å². The molecule has 0 atom stereocenters. The molecule has 0 aliphatic carbocycles. The SMILES string of the molecule is O=C(CCCN1C(=O)c2ccc([N+](=O)[O-])cc2C1=O)NCc1cccc(NC(=O)c2cccnc2)c1. The van der Waals surface area contributed by atoms with Gasteiger partial charge in [0.2, 0.25) is 5.91 Å². The molecular formula is C25H21N5O6. The molecule has 0 fully saturated rings. The topological polar surface area (TPSA) is 152 Å². The van der Waals surface area contributed by atoms with Gasteiger partial charge in [0.15, 0.2) is 0 Å². The van der Waals surface area contributed by atoms with Crippen molar-refractivity contribution in [3.63, 3.8) is 0 Å². The van der Waals surface area contributed by atoms with Crippen LogP contribution in [0.4, 0.5) is 11.4 Å². The van der Waals surface area contributed by atoms with E-state index in [-0.39, 0.29) is 54.6 Å². The monoisotopic (exact) mass is 487 g/mol. The summed E-state index contributed by atoms with van der Waals surface area (Å²) in [5.41, 5.74) is 1.61. The van der Waals surface area contributed by atoms with E-state index in [0.29, 0.717) is 11.3 Å². The van der Waals surface area contributed by atoms with Crippen LogP contribution in [-0.2, 0) is 11.3 Å². The van der Waals surface area contributed by atoms with E-state index in [4.69, 9.17) is 0 Å². The van der Waals surface area contributed by atoms with Gasteiger partial charge in [-0.05, 0) is 42.3 Å². The van der Waals surface area contributed by atoms with Crippen LogP contribution in [0.2, 0.25) is 0 Å². The van der Waals surface area contributed by atoms with Crippen molar-refractivity contribution in [3.8, 4) is 0 Å². The molecule has 1 aliphatic rings. The molecule has 1 aromatic heterocycles. The van der Waals surface area contributed by atoms with Crippen molar-refractivity contribution in [2.24, 2.45) is 0 Å². The molecule has 2 heterocycles. The Hall–Kier alpha value is -4.93. The van der Waals surface area contributed by atoms with E-state index in [9.17, 15) is 29.3 Å². The molecule has 0 saturated carbocycles. The summed E-state index contributed by atoms with van der Waals surface area (Å²) in [6.07, 6.45) is 3.35. The average molecular weight is 487 g/mol. The molecule has 0 bridgehead atoms. The van der Waals surface area contributed by atoms with E-state index >= 15 is 0 Å². The van der Waals surface area contributed by atoms with Gasteiger partial charge in [-0.15, -0.1) is 0 Å². The minimum absolute atomic E-state index is 0.00542. The fraction of sp³-hybridized carbons (Fsp3) is 0.160. The van der Waals surface area contributed by atoms with E-state index in [1.165, 1.54) is 18.3 Å². The number of aromatic nitrogens is 1. The van der Waals surface area contributed by atoms with Crippen LogP contribution in [0.1, 0.15) is 49.5 Å². The van der Waals surface area contributed by atoms with Crippen LogP contribution >= 0.6 is 0 Å². The van der Waals surface area contributed by atoms with Gasteiger partial charge in [0.25, 0.3) is 23.4 Å². The molecule has 182 valence electrons. The van der Waals surface area contributed by atoms with Crippen LogP contribution in [0.3, 0.4) is 0 Å². The standard InChI is InChI=1S/C25H21N5O6/c31-22(7-3-11-29-24(33)20-9-8-19(30(35)36)13-21(20)25(29)34)27-14-16-4-1-6-18(12-16)28-23(32)17-5-2-10-26-15-17/h1-2,4-6,8-10,12-13,15H,3,7,11,14H2,(H,27,31)(H,28,32). The first kappa shape index (κ1) is 24.2. The number of nitrogens with zero attached hydrogens (tertiary/aromatic N) is 3. The van der Waals surface area contributed by atoms with Crippen LogP contribution < -0.4 is 10.6 Å². The summed E-state index contributed by atoms with van der Waals surface area (Å²) in [6, 6.07) is 13.9. The second-order valence-corrected chi connectivity index (χ2v) is 8.03. The largest absolute Gasteiger partial charge is 0.352 e. The van der Waals surface area contributed by atoms with Crippen LogP contribution in [0.5, 0.6) is 0 Å². The first-order valence-corrected chi connectivity index (χ1v) is 11.0. The first-order valence-electron chi connectivity index (χ1n) is 11.0. The molecule has 2 aromatic carbocycles. The molecule has 0 unspecified atom stereocenters. The number of amides is 4. The number of carbonyl (C=O) groups excluding carboxylic acids is 4. The summed E-state index contributed by atoms with van der Waals surface area (Å²) < 4.78 is 0.